The number of nitrogens with one attached hydrogen (secondary N) is 1. The number of hydrogen-bond donors (Lipinski definition) is 1. The third kappa shape index (κ3) is 4.38. The van der Waals surface area contributed by atoms with Gasteiger partial charge in [-0.15, -0.1) is 0 Å². The van der Waals surface area contributed by atoms with Crippen LogP contribution in [0.1, 0.15) is 27.7 Å². The van der Waals surface area contributed by atoms with E-state index in [4.69, 9.17) is 0 Å². The Morgan fingerprint density at radius 1 is 1.18 bits per heavy atom. The largest absolute Gasteiger partial charge is 0.342 e. The van der Waals surface area contributed by atoms with Crippen molar-refractivity contribution >= 4 is 9.68 Å². The lowest BCUT2D eigenvalue weighted by molar-refractivity contribution is 0.627. The molecule has 0 heterocycles. The van der Waals surface area contributed by atoms with E-state index in [1.165, 1.54) is 0 Å². The molecular formula is C9H21NSi. The van der Waals surface area contributed by atoms with Gasteiger partial charge in [-0.05, 0) is 18.9 Å². The van der Waals surface area contributed by atoms with Crippen molar-refractivity contribution in [3.05, 3.63) is 11.3 Å². The van der Waals surface area contributed by atoms with Gasteiger partial charge in [0.2, 0.25) is 0 Å². The minimum Gasteiger partial charge on any atom is -0.342 e. The third-order valence-electron chi connectivity index (χ3n) is 1.88. The Bertz CT molecular complexity index is 118. The van der Waals surface area contributed by atoms with Crippen LogP contribution in [0.4, 0.5) is 0 Å². The fraction of sp³-hybridized carbons (Fsp3) is 0.778. The van der Waals surface area contributed by atoms with Gasteiger partial charge in [-0.2, -0.15) is 0 Å². The molecule has 0 spiro atoms. The first-order valence-corrected chi connectivity index (χ1v) is 5.96. The molecular weight excluding hydrogens is 150 g/mol. The van der Waals surface area contributed by atoms with E-state index in [1.807, 2.05) is 7.05 Å². The maximum atomic E-state index is 3.27. The standard InChI is InChI=1S/C9H21NSi/c1-7(2)9(8(3)4)6-11-10-5/h6-8,10H,11H2,1-5H3. The van der Waals surface area contributed by atoms with Crippen molar-refractivity contribution in [2.24, 2.45) is 11.8 Å². The zero-order chi connectivity index (χ0) is 8.85. The van der Waals surface area contributed by atoms with Gasteiger partial charge in [0.25, 0.3) is 0 Å². The summed E-state index contributed by atoms with van der Waals surface area (Å²) >= 11 is 0. The van der Waals surface area contributed by atoms with Crippen LogP contribution < -0.4 is 4.98 Å². The summed E-state index contributed by atoms with van der Waals surface area (Å²) < 4.78 is 0. The van der Waals surface area contributed by atoms with Crippen LogP contribution in [0.25, 0.3) is 0 Å². The lowest BCUT2D eigenvalue weighted by Gasteiger charge is -2.15. The molecule has 0 aliphatic rings. The van der Waals surface area contributed by atoms with E-state index in [9.17, 15) is 0 Å². The molecule has 1 nitrogen and oxygen atoms in total. The summed E-state index contributed by atoms with van der Waals surface area (Å²) in [7, 11) is 1.92. The van der Waals surface area contributed by atoms with Crippen LogP contribution in [0, 0.1) is 11.8 Å². The van der Waals surface area contributed by atoms with Crippen molar-refractivity contribution in [1.82, 2.24) is 4.98 Å². The molecule has 0 fully saturated rings. The van der Waals surface area contributed by atoms with Gasteiger partial charge in [-0.3, -0.25) is 0 Å². The number of allylic oxidation sites excluding steroid dienone is 1. The van der Waals surface area contributed by atoms with E-state index in [0.29, 0.717) is 0 Å². The molecule has 0 aliphatic carbocycles. The van der Waals surface area contributed by atoms with E-state index in [1.54, 1.807) is 5.57 Å². The van der Waals surface area contributed by atoms with Gasteiger partial charge < -0.3 is 4.98 Å². The zero-order valence-corrected chi connectivity index (χ0v) is 9.85. The Hall–Kier alpha value is -0.0831. The van der Waals surface area contributed by atoms with E-state index in [-0.39, 0.29) is 9.68 Å². The van der Waals surface area contributed by atoms with Crippen LogP contribution >= 0.6 is 0 Å². The molecule has 0 rings (SSSR count). The zero-order valence-electron chi connectivity index (χ0n) is 8.44. The summed E-state index contributed by atoms with van der Waals surface area (Å²) in [6, 6.07) is 0. The highest BCUT2D eigenvalue weighted by atomic mass is 28.2. The molecule has 0 aromatic rings. The summed E-state index contributed by atoms with van der Waals surface area (Å²) in [6.07, 6.45) is 0. The second-order valence-electron chi connectivity index (χ2n) is 3.57. The predicted molar refractivity (Wildman–Crippen MR) is 55.4 cm³/mol. The van der Waals surface area contributed by atoms with E-state index < -0.39 is 0 Å². The Labute approximate surface area is 73.2 Å². The first-order valence-electron chi connectivity index (χ1n) is 4.44. The molecule has 0 amide bonds. The minimum absolute atomic E-state index is 0.123. The maximum absolute atomic E-state index is 3.27. The smallest absolute Gasteiger partial charge is 0.116 e. The summed E-state index contributed by atoms with van der Waals surface area (Å²) in [4.78, 5) is 3.27. The molecule has 0 radical (unpaired) electrons. The van der Waals surface area contributed by atoms with Gasteiger partial charge in [0.1, 0.15) is 9.68 Å². The molecule has 0 unspecified atom stereocenters. The van der Waals surface area contributed by atoms with Crippen molar-refractivity contribution in [2.75, 3.05) is 7.05 Å². The molecule has 66 valence electrons. The fourth-order valence-corrected chi connectivity index (χ4v) is 2.74. The molecule has 1 N–H and O–H groups in total. The first kappa shape index (κ1) is 10.9. The minimum atomic E-state index is -0.123. The highest BCUT2D eigenvalue weighted by Gasteiger charge is 2.06. The lowest BCUT2D eigenvalue weighted by Crippen LogP contribution is -2.13. The monoisotopic (exact) mass is 171 g/mol. The van der Waals surface area contributed by atoms with E-state index in [2.05, 4.69) is 38.4 Å². The van der Waals surface area contributed by atoms with E-state index >= 15 is 0 Å². The van der Waals surface area contributed by atoms with Crippen molar-refractivity contribution < 1.29 is 0 Å². The normalized spacial score (nSPS) is 11.9. The van der Waals surface area contributed by atoms with Crippen molar-refractivity contribution in [1.29, 1.82) is 0 Å². The molecule has 0 atom stereocenters. The van der Waals surface area contributed by atoms with Crippen molar-refractivity contribution in [2.45, 2.75) is 27.7 Å². The summed E-state index contributed by atoms with van der Waals surface area (Å²) in [5.41, 5.74) is 4.06. The topological polar surface area (TPSA) is 12.0 Å². The van der Waals surface area contributed by atoms with Gasteiger partial charge in [-0.25, -0.2) is 0 Å². The second-order valence-corrected chi connectivity index (χ2v) is 5.09. The van der Waals surface area contributed by atoms with E-state index in [0.717, 1.165) is 11.8 Å². The van der Waals surface area contributed by atoms with Crippen molar-refractivity contribution in [3.8, 4) is 0 Å². The van der Waals surface area contributed by atoms with Crippen molar-refractivity contribution in [3.63, 3.8) is 0 Å². The number of hydrogen-bond acceptors (Lipinski definition) is 1. The molecule has 0 saturated carbocycles. The molecule has 0 aromatic carbocycles. The average Bonchev–Trinajstić information content (AvgIpc) is 1.87. The predicted octanol–water partition coefficient (Wildman–Crippen LogP) is 1.49. The van der Waals surface area contributed by atoms with Crippen LogP contribution in [0.2, 0.25) is 0 Å². The van der Waals surface area contributed by atoms with Crippen LogP contribution in [0.5, 0.6) is 0 Å². The van der Waals surface area contributed by atoms with Gasteiger partial charge in [-0.1, -0.05) is 39.0 Å². The SMILES string of the molecule is CN[SiH2]C=C(C(C)C)C(C)C. The fourth-order valence-electron chi connectivity index (χ4n) is 1.36. The summed E-state index contributed by atoms with van der Waals surface area (Å²) in [5, 5.41) is 0. The third-order valence-corrected chi connectivity index (χ3v) is 2.96. The van der Waals surface area contributed by atoms with Crippen LogP contribution in [-0.2, 0) is 0 Å². The van der Waals surface area contributed by atoms with Gasteiger partial charge in [0.15, 0.2) is 0 Å². The van der Waals surface area contributed by atoms with Crippen LogP contribution in [0.15, 0.2) is 11.3 Å². The average molecular weight is 171 g/mol. The van der Waals surface area contributed by atoms with Gasteiger partial charge in [0, 0.05) is 0 Å². The summed E-state index contributed by atoms with van der Waals surface area (Å²) in [5.74, 6) is 1.44. The molecule has 2 heteroatoms. The Morgan fingerprint density at radius 2 is 1.64 bits per heavy atom. The maximum Gasteiger partial charge on any atom is 0.116 e. The Morgan fingerprint density at radius 3 is 1.91 bits per heavy atom. The second kappa shape index (κ2) is 5.55. The quantitative estimate of drug-likeness (QED) is 0.632. The van der Waals surface area contributed by atoms with Gasteiger partial charge >= 0.3 is 0 Å². The Balaban J connectivity index is 4.09. The molecule has 0 aromatic heterocycles. The summed E-state index contributed by atoms with van der Waals surface area (Å²) in [6.45, 7) is 9.09. The van der Waals surface area contributed by atoms with Crippen LogP contribution in [-0.4, -0.2) is 16.7 Å². The molecule has 0 bridgehead atoms. The highest BCUT2D eigenvalue weighted by molar-refractivity contribution is 6.39. The Kier molecular flexibility index (Phi) is 5.51. The lowest BCUT2D eigenvalue weighted by atomic mass is 9.95. The molecule has 11 heavy (non-hydrogen) atoms. The van der Waals surface area contributed by atoms with Gasteiger partial charge in [0.05, 0.1) is 0 Å². The van der Waals surface area contributed by atoms with Crippen LogP contribution in [0.3, 0.4) is 0 Å². The first-order chi connectivity index (χ1) is 5.09. The molecule has 0 aliphatic heterocycles. The highest BCUT2D eigenvalue weighted by Crippen LogP contribution is 2.17. The number of rotatable bonds is 4. The molecule has 0 saturated heterocycles.